The van der Waals surface area contributed by atoms with Gasteiger partial charge in [0, 0.05) is 29.7 Å². The largest absolute Gasteiger partial charge is 0.265 e. The molecule has 0 aliphatic heterocycles. The molecule has 0 bridgehead atoms. The minimum atomic E-state index is 0.949. The fourth-order valence-electron chi connectivity index (χ4n) is 7.08. The minimum absolute atomic E-state index is 0.949. The van der Waals surface area contributed by atoms with E-state index in [-0.39, 0.29) is 0 Å². The second-order valence-corrected chi connectivity index (χ2v) is 11.8. The zero-order chi connectivity index (χ0) is 30.5. The van der Waals surface area contributed by atoms with Crippen LogP contribution in [0.5, 0.6) is 0 Å². The van der Waals surface area contributed by atoms with Gasteiger partial charge < -0.3 is 0 Å². The summed E-state index contributed by atoms with van der Waals surface area (Å²) in [6.45, 7) is 0. The van der Waals surface area contributed by atoms with Crippen molar-refractivity contribution < 1.29 is 0 Å². The summed E-state index contributed by atoms with van der Waals surface area (Å²) in [7, 11) is 0. The van der Waals surface area contributed by atoms with Crippen LogP contribution in [-0.2, 0) is 0 Å². The van der Waals surface area contributed by atoms with Gasteiger partial charge in [-0.05, 0) is 101 Å². The molecule has 2 heteroatoms. The van der Waals surface area contributed by atoms with E-state index in [0.717, 1.165) is 22.4 Å². The third kappa shape index (κ3) is 4.27. The van der Waals surface area contributed by atoms with Crippen LogP contribution < -0.4 is 0 Å². The van der Waals surface area contributed by atoms with Crippen molar-refractivity contribution in [3.05, 3.63) is 170 Å². The maximum Gasteiger partial charge on any atom is 0.0702 e. The Kier molecular flexibility index (Phi) is 6.17. The zero-order valence-electron chi connectivity index (χ0n) is 25.1. The molecule has 2 aromatic heterocycles. The highest BCUT2D eigenvalue weighted by atomic mass is 14.7. The summed E-state index contributed by atoms with van der Waals surface area (Å²) in [5.41, 5.74) is 9.20. The van der Waals surface area contributed by atoms with Gasteiger partial charge >= 0.3 is 0 Å². The van der Waals surface area contributed by atoms with E-state index in [2.05, 4.69) is 145 Å². The first kappa shape index (κ1) is 26.3. The molecule has 0 fully saturated rings. The molecule has 0 saturated carbocycles. The molecule has 214 valence electrons. The van der Waals surface area contributed by atoms with Crippen LogP contribution in [0.15, 0.2) is 170 Å². The second-order valence-electron chi connectivity index (χ2n) is 11.8. The summed E-state index contributed by atoms with van der Waals surface area (Å²) >= 11 is 0. The SMILES string of the molecule is c1ccc(-c2c3ccccc3c(-c3cc4ccccc4c4ccccc34)c3ccc(-c4ccc(-c5ccncc5)cn4)cc23)cc1. The lowest BCUT2D eigenvalue weighted by atomic mass is 9.83. The number of aromatic nitrogens is 2. The van der Waals surface area contributed by atoms with E-state index in [9.17, 15) is 0 Å². The molecular formula is C44H28N2. The molecular weight excluding hydrogens is 556 g/mol. The molecule has 9 aromatic rings. The van der Waals surface area contributed by atoms with Crippen LogP contribution in [0, 0.1) is 0 Å². The molecule has 0 aliphatic carbocycles. The van der Waals surface area contributed by atoms with Gasteiger partial charge in [-0.1, -0.05) is 121 Å². The second kappa shape index (κ2) is 10.8. The molecule has 2 nitrogen and oxygen atoms in total. The van der Waals surface area contributed by atoms with Gasteiger partial charge in [-0.15, -0.1) is 0 Å². The van der Waals surface area contributed by atoms with Crippen LogP contribution in [0.1, 0.15) is 0 Å². The van der Waals surface area contributed by atoms with Crippen molar-refractivity contribution >= 4 is 43.1 Å². The Morgan fingerprint density at radius 2 is 0.978 bits per heavy atom. The van der Waals surface area contributed by atoms with Gasteiger partial charge in [0.05, 0.1) is 5.69 Å². The Labute approximate surface area is 267 Å². The average molecular weight is 585 g/mol. The van der Waals surface area contributed by atoms with Gasteiger partial charge in [0.15, 0.2) is 0 Å². The zero-order valence-corrected chi connectivity index (χ0v) is 25.1. The Morgan fingerprint density at radius 3 is 1.74 bits per heavy atom. The van der Waals surface area contributed by atoms with Gasteiger partial charge in [-0.2, -0.15) is 0 Å². The Bertz CT molecular complexity index is 2550. The van der Waals surface area contributed by atoms with E-state index < -0.39 is 0 Å². The maximum atomic E-state index is 4.93. The van der Waals surface area contributed by atoms with Crippen molar-refractivity contribution in [3.8, 4) is 44.6 Å². The Hall–Kier alpha value is -6.12. The quantitative estimate of drug-likeness (QED) is 0.152. The third-order valence-corrected chi connectivity index (χ3v) is 9.20. The van der Waals surface area contributed by atoms with Crippen LogP contribution in [0.3, 0.4) is 0 Å². The number of fused-ring (bicyclic) bond motifs is 5. The summed E-state index contributed by atoms with van der Waals surface area (Å²) in [5.74, 6) is 0. The molecule has 46 heavy (non-hydrogen) atoms. The van der Waals surface area contributed by atoms with E-state index in [1.54, 1.807) is 0 Å². The lowest BCUT2D eigenvalue weighted by molar-refractivity contribution is 1.30. The Balaban J connectivity index is 1.37. The molecule has 0 unspecified atom stereocenters. The first-order valence-electron chi connectivity index (χ1n) is 15.6. The van der Waals surface area contributed by atoms with Gasteiger partial charge in [0.25, 0.3) is 0 Å². The van der Waals surface area contributed by atoms with Gasteiger partial charge in [0.2, 0.25) is 0 Å². The van der Waals surface area contributed by atoms with Crippen molar-refractivity contribution in [2.45, 2.75) is 0 Å². The maximum absolute atomic E-state index is 4.93. The summed E-state index contributed by atoms with van der Waals surface area (Å²) < 4.78 is 0. The lowest BCUT2D eigenvalue weighted by Crippen LogP contribution is -1.93. The molecule has 0 spiro atoms. The molecule has 9 rings (SSSR count). The normalized spacial score (nSPS) is 11.5. The minimum Gasteiger partial charge on any atom is -0.265 e. The molecule has 0 radical (unpaired) electrons. The summed E-state index contributed by atoms with van der Waals surface area (Å²) in [4.78, 5) is 9.09. The number of rotatable bonds is 4. The highest BCUT2D eigenvalue weighted by Gasteiger charge is 2.19. The van der Waals surface area contributed by atoms with Gasteiger partial charge in [0.1, 0.15) is 0 Å². The predicted octanol–water partition coefficient (Wildman–Crippen LogP) is 11.8. The van der Waals surface area contributed by atoms with Crippen molar-refractivity contribution in [2.24, 2.45) is 0 Å². The van der Waals surface area contributed by atoms with Crippen molar-refractivity contribution in [1.29, 1.82) is 0 Å². The topological polar surface area (TPSA) is 25.8 Å². The van der Waals surface area contributed by atoms with E-state index in [1.165, 1.54) is 65.3 Å². The molecule has 0 aliphatic rings. The van der Waals surface area contributed by atoms with E-state index in [1.807, 2.05) is 30.7 Å². The van der Waals surface area contributed by atoms with Gasteiger partial charge in [-0.3, -0.25) is 9.97 Å². The first-order chi connectivity index (χ1) is 22.8. The smallest absolute Gasteiger partial charge is 0.0702 e. The van der Waals surface area contributed by atoms with Crippen LogP contribution in [0.2, 0.25) is 0 Å². The summed E-state index contributed by atoms with van der Waals surface area (Å²) in [5, 5.41) is 10.0. The molecule has 0 N–H and O–H groups in total. The van der Waals surface area contributed by atoms with Crippen LogP contribution in [0.4, 0.5) is 0 Å². The number of pyridine rings is 2. The standard InChI is InChI=1S/C44H28N2/c1-2-10-30(11-3-1)43-37-16-8-9-17-38(37)44(40-26-31-12-4-5-13-34(31)35-14-6-7-15-36(35)40)39-20-18-32(27-41(39)43)42-21-19-33(28-46-42)29-22-24-45-25-23-29/h1-28H. The van der Waals surface area contributed by atoms with E-state index in [4.69, 9.17) is 4.98 Å². The van der Waals surface area contributed by atoms with Crippen LogP contribution in [0.25, 0.3) is 87.7 Å². The molecule has 7 aromatic carbocycles. The van der Waals surface area contributed by atoms with Gasteiger partial charge in [-0.25, -0.2) is 0 Å². The van der Waals surface area contributed by atoms with Crippen LogP contribution in [-0.4, -0.2) is 9.97 Å². The van der Waals surface area contributed by atoms with Crippen molar-refractivity contribution in [3.63, 3.8) is 0 Å². The fraction of sp³-hybridized carbons (Fsp3) is 0. The highest BCUT2D eigenvalue weighted by Crippen LogP contribution is 2.47. The lowest BCUT2D eigenvalue weighted by Gasteiger charge is -2.20. The molecule has 0 atom stereocenters. The van der Waals surface area contributed by atoms with Crippen LogP contribution >= 0.6 is 0 Å². The van der Waals surface area contributed by atoms with Crippen molar-refractivity contribution in [1.82, 2.24) is 9.97 Å². The highest BCUT2D eigenvalue weighted by molar-refractivity contribution is 6.26. The number of hydrogen-bond acceptors (Lipinski definition) is 2. The third-order valence-electron chi connectivity index (χ3n) is 9.20. The summed E-state index contributed by atoms with van der Waals surface area (Å²) in [6, 6.07) is 54.8. The molecule has 0 saturated heterocycles. The predicted molar refractivity (Wildman–Crippen MR) is 194 cm³/mol. The fourth-order valence-corrected chi connectivity index (χ4v) is 7.08. The molecule has 2 heterocycles. The Morgan fingerprint density at radius 1 is 0.348 bits per heavy atom. The van der Waals surface area contributed by atoms with Crippen molar-refractivity contribution in [2.75, 3.05) is 0 Å². The monoisotopic (exact) mass is 584 g/mol. The number of nitrogens with zero attached hydrogens (tertiary/aromatic N) is 2. The molecule has 0 amide bonds. The van der Waals surface area contributed by atoms with E-state index >= 15 is 0 Å². The first-order valence-corrected chi connectivity index (χ1v) is 15.6. The summed E-state index contributed by atoms with van der Waals surface area (Å²) in [6.07, 6.45) is 5.59. The average Bonchev–Trinajstić information content (AvgIpc) is 3.14. The van der Waals surface area contributed by atoms with E-state index in [0.29, 0.717) is 0 Å². The number of hydrogen-bond donors (Lipinski definition) is 0. The number of benzene rings is 7.